The minimum atomic E-state index is -0.583. The van der Waals surface area contributed by atoms with Crippen molar-refractivity contribution >= 4 is 28.8 Å². The minimum absolute atomic E-state index is 0.0188. The standard InChI is InChI=1S/C14H13N3O3S/c1-3-12(19)15-9-4-5-11(18)10(8-9)13(20)16-14-17(2)6-7-21-14/h3-8,18H,1H2,2H3,(H,15,19). The Morgan fingerprint density at radius 3 is 2.86 bits per heavy atom. The van der Waals surface area contributed by atoms with E-state index in [1.54, 1.807) is 23.2 Å². The number of nitrogens with one attached hydrogen (secondary N) is 1. The van der Waals surface area contributed by atoms with Gasteiger partial charge >= 0.3 is 0 Å². The van der Waals surface area contributed by atoms with Crippen LogP contribution in [0.1, 0.15) is 10.4 Å². The summed E-state index contributed by atoms with van der Waals surface area (Å²) in [5, 5.41) is 14.1. The van der Waals surface area contributed by atoms with Crippen LogP contribution < -0.4 is 10.1 Å². The maximum atomic E-state index is 12.1. The van der Waals surface area contributed by atoms with Crippen LogP contribution in [0.2, 0.25) is 0 Å². The van der Waals surface area contributed by atoms with E-state index in [0.29, 0.717) is 10.5 Å². The number of hydrogen-bond donors (Lipinski definition) is 2. The van der Waals surface area contributed by atoms with Gasteiger partial charge in [0.15, 0.2) is 4.80 Å². The molecule has 108 valence electrons. The summed E-state index contributed by atoms with van der Waals surface area (Å²) < 4.78 is 1.70. The molecular weight excluding hydrogens is 290 g/mol. The molecule has 0 aliphatic heterocycles. The van der Waals surface area contributed by atoms with E-state index in [-0.39, 0.29) is 11.3 Å². The molecule has 2 N–H and O–H groups in total. The van der Waals surface area contributed by atoms with Gasteiger partial charge in [-0.1, -0.05) is 6.58 Å². The third-order valence-corrected chi connectivity index (χ3v) is 3.48. The largest absolute Gasteiger partial charge is 0.507 e. The number of aryl methyl sites for hydroxylation is 1. The quantitative estimate of drug-likeness (QED) is 0.668. The predicted molar refractivity (Wildman–Crippen MR) is 80.1 cm³/mol. The Labute approximate surface area is 124 Å². The van der Waals surface area contributed by atoms with Crippen molar-refractivity contribution in [3.05, 3.63) is 52.8 Å². The Balaban J connectivity index is 2.37. The first-order chi connectivity index (χ1) is 10.0. The Hall–Kier alpha value is -2.67. The molecule has 0 saturated carbocycles. The van der Waals surface area contributed by atoms with E-state index in [4.69, 9.17) is 0 Å². The van der Waals surface area contributed by atoms with E-state index in [1.165, 1.54) is 29.5 Å². The van der Waals surface area contributed by atoms with Crippen LogP contribution >= 0.6 is 11.3 Å². The Morgan fingerprint density at radius 2 is 2.24 bits per heavy atom. The lowest BCUT2D eigenvalue weighted by Gasteiger charge is -2.05. The van der Waals surface area contributed by atoms with Gasteiger partial charge in [-0.2, -0.15) is 4.99 Å². The highest BCUT2D eigenvalue weighted by molar-refractivity contribution is 7.07. The number of phenolic OH excluding ortho intramolecular Hbond substituents is 1. The summed E-state index contributed by atoms with van der Waals surface area (Å²) in [5.74, 6) is -1.18. The Morgan fingerprint density at radius 1 is 1.48 bits per heavy atom. The van der Waals surface area contributed by atoms with E-state index in [9.17, 15) is 14.7 Å². The second-order valence-electron chi connectivity index (χ2n) is 4.14. The van der Waals surface area contributed by atoms with E-state index >= 15 is 0 Å². The molecule has 0 spiro atoms. The predicted octanol–water partition coefficient (Wildman–Crippen LogP) is 1.66. The average molecular weight is 303 g/mol. The highest BCUT2D eigenvalue weighted by atomic mass is 32.1. The molecule has 0 atom stereocenters. The van der Waals surface area contributed by atoms with Crippen LogP contribution in [0.25, 0.3) is 0 Å². The third-order valence-electron chi connectivity index (χ3n) is 2.64. The molecule has 0 fully saturated rings. The molecular formula is C14H13N3O3S. The van der Waals surface area contributed by atoms with Crippen LogP contribution in [-0.2, 0) is 11.8 Å². The molecule has 0 radical (unpaired) electrons. The number of anilines is 1. The van der Waals surface area contributed by atoms with Gasteiger partial charge in [-0.15, -0.1) is 11.3 Å². The Bertz CT molecular complexity index is 774. The fraction of sp³-hybridized carbons (Fsp3) is 0.0714. The summed E-state index contributed by atoms with van der Waals surface area (Å²) in [4.78, 5) is 27.8. The zero-order valence-electron chi connectivity index (χ0n) is 11.2. The summed E-state index contributed by atoms with van der Waals surface area (Å²) in [6.07, 6.45) is 2.89. The summed E-state index contributed by atoms with van der Waals surface area (Å²) in [5.41, 5.74) is 0.400. The highest BCUT2D eigenvalue weighted by Crippen LogP contribution is 2.22. The van der Waals surface area contributed by atoms with Crippen molar-refractivity contribution in [2.75, 3.05) is 5.32 Å². The summed E-state index contributed by atoms with van der Waals surface area (Å²) in [6.45, 7) is 3.34. The van der Waals surface area contributed by atoms with Crippen molar-refractivity contribution in [2.45, 2.75) is 0 Å². The number of aromatic hydroxyl groups is 1. The van der Waals surface area contributed by atoms with E-state index in [1.807, 2.05) is 0 Å². The molecule has 0 aliphatic rings. The molecule has 1 aromatic heterocycles. The number of rotatable bonds is 3. The van der Waals surface area contributed by atoms with Gasteiger partial charge in [0.1, 0.15) is 5.75 Å². The number of aromatic nitrogens is 1. The molecule has 1 aromatic carbocycles. The van der Waals surface area contributed by atoms with E-state index in [0.717, 1.165) is 6.08 Å². The molecule has 2 rings (SSSR count). The van der Waals surface area contributed by atoms with Gasteiger partial charge in [-0.05, 0) is 24.3 Å². The topological polar surface area (TPSA) is 83.7 Å². The second kappa shape index (κ2) is 6.19. The number of carbonyl (C=O) groups is 2. The number of thiazole rings is 1. The van der Waals surface area contributed by atoms with Crippen LogP contribution in [0.3, 0.4) is 0 Å². The van der Waals surface area contributed by atoms with Crippen molar-refractivity contribution in [3.8, 4) is 5.75 Å². The van der Waals surface area contributed by atoms with Crippen LogP contribution in [0.5, 0.6) is 5.75 Å². The first-order valence-corrected chi connectivity index (χ1v) is 6.85. The zero-order valence-corrected chi connectivity index (χ0v) is 12.1. The van der Waals surface area contributed by atoms with Gasteiger partial charge < -0.3 is 15.0 Å². The molecule has 1 heterocycles. The maximum absolute atomic E-state index is 12.1. The molecule has 2 amide bonds. The molecule has 0 bridgehead atoms. The number of nitrogens with zero attached hydrogens (tertiary/aromatic N) is 2. The van der Waals surface area contributed by atoms with E-state index in [2.05, 4.69) is 16.9 Å². The summed E-state index contributed by atoms with van der Waals surface area (Å²) in [6, 6.07) is 4.19. The third kappa shape index (κ3) is 3.46. The number of amides is 2. The van der Waals surface area contributed by atoms with Crippen LogP contribution in [0.4, 0.5) is 5.69 Å². The smallest absolute Gasteiger partial charge is 0.283 e. The molecule has 0 saturated heterocycles. The molecule has 7 heteroatoms. The monoisotopic (exact) mass is 303 g/mol. The summed E-state index contributed by atoms with van der Waals surface area (Å²) in [7, 11) is 1.77. The number of carbonyl (C=O) groups excluding carboxylic acids is 2. The van der Waals surface area contributed by atoms with Gasteiger partial charge in [0.05, 0.1) is 5.56 Å². The Kier molecular flexibility index (Phi) is 4.34. The normalized spacial score (nSPS) is 11.2. The van der Waals surface area contributed by atoms with Crippen LogP contribution in [0.15, 0.2) is 47.4 Å². The molecule has 21 heavy (non-hydrogen) atoms. The number of phenols is 1. The highest BCUT2D eigenvalue weighted by Gasteiger charge is 2.12. The minimum Gasteiger partial charge on any atom is -0.507 e. The lowest BCUT2D eigenvalue weighted by molar-refractivity contribution is -0.111. The van der Waals surface area contributed by atoms with Crippen molar-refractivity contribution in [3.63, 3.8) is 0 Å². The summed E-state index contributed by atoms with van der Waals surface area (Å²) >= 11 is 1.31. The number of hydrogen-bond acceptors (Lipinski definition) is 4. The first-order valence-electron chi connectivity index (χ1n) is 5.97. The fourth-order valence-electron chi connectivity index (χ4n) is 1.56. The SMILES string of the molecule is C=CC(=O)Nc1ccc(O)c(C(=O)N=c2sccn2C)c1. The van der Waals surface area contributed by atoms with Gasteiger partial charge in [0.25, 0.3) is 5.91 Å². The van der Waals surface area contributed by atoms with Crippen molar-refractivity contribution in [2.24, 2.45) is 12.0 Å². The van der Waals surface area contributed by atoms with Crippen molar-refractivity contribution < 1.29 is 14.7 Å². The second-order valence-corrected chi connectivity index (χ2v) is 5.01. The molecule has 2 aromatic rings. The van der Waals surface area contributed by atoms with Gasteiger partial charge in [0.2, 0.25) is 5.91 Å². The number of benzene rings is 1. The van der Waals surface area contributed by atoms with Crippen molar-refractivity contribution in [1.82, 2.24) is 4.57 Å². The lowest BCUT2D eigenvalue weighted by atomic mass is 10.1. The average Bonchev–Trinajstić information content (AvgIpc) is 2.86. The molecule has 0 unspecified atom stereocenters. The maximum Gasteiger partial charge on any atom is 0.283 e. The van der Waals surface area contributed by atoms with Crippen LogP contribution in [0, 0.1) is 0 Å². The van der Waals surface area contributed by atoms with Gasteiger partial charge in [-0.3, -0.25) is 9.59 Å². The van der Waals surface area contributed by atoms with Crippen molar-refractivity contribution in [1.29, 1.82) is 0 Å². The molecule has 0 aliphatic carbocycles. The zero-order chi connectivity index (χ0) is 15.4. The van der Waals surface area contributed by atoms with Crippen LogP contribution in [-0.4, -0.2) is 21.5 Å². The molecule has 6 nitrogen and oxygen atoms in total. The van der Waals surface area contributed by atoms with Gasteiger partial charge in [0, 0.05) is 24.3 Å². The first kappa shape index (κ1) is 14.7. The lowest BCUT2D eigenvalue weighted by Crippen LogP contribution is -2.13. The van der Waals surface area contributed by atoms with E-state index < -0.39 is 11.8 Å². The van der Waals surface area contributed by atoms with Gasteiger partial charge in [-0.25, -0.2) is 0 Å². The fourth-order valence-corrected chi connectivity index (χ4v) is 2.29.